The first kappa shape index (κ1) is 27.8. The number of H-pyrrole nitrogens is 1. The van der Waals surface area contributed by atoms with E-state index < -0.39 is 17.1 Å². The predicted octanol–water partition coefficient (Wildman–Crippen LogP) is 5.97. The summed E-state index contributed by atoms with van der Waals surface area (Å²) in [5, 5.41) is 2.96. The topological polar surface area (TPSA) is 109 Å². The molecule has 1 aromatic heterocycles. The maximum atomic E-state index is 14.0. The lowest BCUT2D eigenvalue weighted by Gasteiger charge is -2.31. The number of aromatic amines is 1. The van der Waals surface area contributed by atoms with Crippen LogP contribution < -0.4 is 19.8 Å². The quantitative estimate of drug-likeness (QED) is 0.245. The second-order valence-electron chi connectivity index (χ2n) is 9.63. The van der Waals surface area contributed by atoms with Crippen molar-refractivity contribution in [1.29, 1.82) is 0 Å². The largest absolute Gasteiger partial charge is 0.483 e. The van der Waals surface area contributed by atoms with Gasteiger partial charge >= 0.3 is 4.87 Å². The van der Waals surface area contributed by atoms with Crippen LogP contribution in [0, 0.1) is 12.8 Å². The molecule has 2 aliphatic heterocycles. The molecular formula is C29H21BrClN3O5S2. The van der Waals surface area contributed by atoms with Gasteiger partial charge in [0.05, 0.1) is 16.6 Å². The Balaban J connectivity index is 1.36. The molecule has 8 nitrogen and oxygen atoms in total. The Labute approximate surface area is 256 Å². The first-order valence-electron chi connectivity index (χ1n) is 12.5. The second kappa shape index (κ2) is 11.1. The van der Waals surface area contributed by atoms with Crippen LogP contribution in [0.5, 0.6) is 5.75 Å². The summed E-state index contributed by atoms with van der Waals surface area (Å²) in [4.78, 5) is 57.2. The van der Waals surface area contributed by atoms with Crippen LogP contribution in [0.25, 0.3) is 0 Å². The molecule has 12 heteroatoms. The lowest BCUT2D eigenvalue weighted by Crippen LogP contribution is -2.32. The molecule has 1 saturated heterocycles. The molecule has 3 unspecified atom stereocenters. The number of nitrogens with zero attached hydrogens (tertiary/aromatic N) is 1. The zero-order valence-electron chi connectivity index (χ0n) is 21.4. The van der Waals surface area contributed by atoms with Crippen molar-refractivity contribution in [3.63, 3.8) is 0 Å². The summed E-state index contributed by atoms with van der Waals surface area (Å²) >= 11 is 12.0. The van der Waals surface area contributed by atoms with Crippen LogP contribution in [0.4, 0.5) is 11.4 Å². The number of rotatable bonds is 6. The Morgan fingerprint density at radius 2 is 1.85 bits per heavy atom. The second-order valence-corrected chi connectivity index (χ2v) is 13.1. The highest BCUT2D eigenvalue weighted by atomic mass is 79.9. The molecule has 0 radical (unpaired) electrons. The normalized spacial score (nSPS) is 19.6. The zero-order chi connectivity index (χ0) is 28.8. The highest BCUT2D eigenvalue weighted by Gasteiger charge is 2.56. The minimum atomic E-state index is -0.822. The Morgan fingerprint density at radius 3 is 2.61 bits per heavy atom. The van der Waals surface area contributed by atoms with Crippen LogP contribution in [-0.2, 0) is 14.4 Å². The summed E-state index contributed by atoms with van der Waals surface area (Å²) in [5.74, 6) is -2.30. The van der Waals surface area contributed by atoms with Crippen LogP contribution in [0.15, 0.2) is 81.0 Å². The van der Waals surface area contributed by atoms with Crippen LogP contribution in [0.2, 0.25) is 5.02 Å². The molecule has 208 valence electrons. The van der Waals surface area contributed by atoms with Crippen molar-refractivity contribution >= 4 is 79.7 Å². The first-order valence-corrected chi connectivity index (χ1v) is 15.4. The van der Waals surface area contributed by atoms with E-state index in [1.54, 1.807) is 48.5 Å². The number of nitrogens with one attached hydrogen (secondary N) is 2. The molecule has 3 aromatic carbocycles. The summed E-state index contributed by atoms with van der Waals surface area (Å²) in [7, 11) is 0. The van der Waals surface area contributed by atoms with Gasteiger partial charge in [-0.3, -0.25) is 19.2 Å². The average Bonchev–Trinajstić information content (AvgIpc) is 3.42. The van der Waals surface area contributed by atoms with E-state index in [-0.39, 0.29) is 29.2 Å². The molecule has 0 saturated carbocycles. The van der Waals surface area contributed by atoms with Gasteiger partial charge in [-0.05, 0) is 67.1 Å². The number of aryl methyl sites for hydroxylation is 1. The van der Waals surface area contributed by atoms with Crippen LogP contribution in [0.3, 0.4) is 0 Å². The van der Waals surface area contributed by atoms with Gasteiger partial charge in [0, 0.05) is 31.5 Å². The molecule has 0 spiro atoms. The number of halogens is 2. The lowest BCUT2D eigenvalue weighted by molar-refractivity contribution is -0.122. The number of hydrogen-bond donors (Lipinski definition) is 2. The molecular weight excluding hydrogens is 650 g/mol. The van der Waals surface area contributed by atoms with Gasteiger partial charge in [0.15, 0.2) is 6.61 Å². The number of amides is 3. The number of thioether (sulfide) groups is 1. The van der Waals surface area contributed by atoms with Crippen molar-refractivity contribution in [2.45, 2.75) is 23.1 Å². The number of benzene rings is 3. The highest BCUT2D eigenvalue weighted by Crippen LogP contribution is 2.54. The van der Waals surface area contributed by atoms with E-state index in [4.69, 9.17) is 16.3 Å². The lowest BCUT2D eigenvalue weighted by atomic mass is 9.82. The Hall–Kier alpha value is -3.38. The Morgan fingerprint density at radius 1 is 1.07 bits per heavy atom. The number of thiazole rings is 1. The number of ether oxygens (including phenoxy) is 1. The molecule has 0 aliphatic carbocycles. The Bertz CT molecular complexity index is 1760. The SMILES string of the molecule is Cc1cccc(NC(=O)COc2ccc(Cl)cc2C2c3sc(=O)[nH]c3SC3C(=O)N(c4ccc(Br)cc4)C(=O)C32)c1. The van der Waals surface area contributed by atoms with Crippen molar-refractivity contribution in [2.24, 2.45) is 5.92 Å². The van der Waals surface area contributed by atoms with Gasteiger partial charge in [-0.25, -0.2) is 4.90 Å². The van der Waals surface area contributed by atoms with Crippen molar-refractivity contribution in [1.82, 2.24) is 4.98 Å². The van der Waals surface area contributed by atoms with Gasteiger partial charge < -0.3 is 15.0 Å². The molecule has 4 aromatic rings. The van der Waals surface area contributed by atoms with Crippen LogP contribution >= 0.6 is 50.6 Å². The summed E-state index contributed by atoms with van der Waals surface area (Å²) in [5.41, 5.74) is 2.63. The fraction of sp³-hybridized carbons (Fsp3) is 0.172. The van der Waals surface area contributed by atoms with Crippen LogP contribution in [0.1, 0.15) is 21.9 Å². The van der Waals surface area contributed by atoms with Crippen molar-refractivity contribution < 1.29 is 19.1 Å². The third-order valence-corrected chi connectivity index (χ3v) is 10.0. The summed E-state index contributed by atoms with van der Waals surface area (Å²) < 4.78 is 6.81. The standard InChI is InChI=1S/C29H21BrClN3O5S2/c1-14-3-2-4-17(11-14)32-21(35)13-39-20-10-7-16(31)12-19(20)22-23-25(40-26-24(22)41-29(38)33-26)28(37)34(27(23)36)18-8-5-15(30)6-9-18/h2-12,22-23,25H,13H2,1H3,(H,32,35)(H,33,38). The predicted molar refractivity (Wildman–Crippen MR) is 163 cm³/mol. The van der Waals surface area contributed by atoms with E-state index in [9.17, 15) is 19.2 Å². The number of carbonyl (C=O) groups is 3. The molecule has 3 heterocycles. The molecule has 1 fully saturated rings. The van der Waals surface area contributed by atoms with E-state index in [0.717, 1.165) is 21.4 Å². The molecule has 2 aliphatic rings. The number of aromatic nitrogens is 1. The van der Waals surface area contributed by atoms with E-state index in [1.165, 1.54) is 16.7 Å². The van der Waals surface area contributed by atoms with Gasteiger partial charge in [-0.15, -0.1) is 0 Å². The third-order valence-electron chi connectivity index (χ3n) is 6.88. The zero-order valence-corrected chi connectivity index (χ0v) is 25.3. The van der Waals surface area contributed by atoms with E-state index in [2.05, 4.69) is 26.2 Å². The Kier molecular flexibility index (Phi) is 7.54. The van der Waals surface area contributed by atoms with Gasteiger partial charge in [-0.2, -0.15) is 0 Å². The molecule has 6 rings (SSSR count). The molecule has 3 atom stereocenters. The number of anilines is 2. The van der Waals surface area contributed by atoms with Crippen molar-refractivity contribution in [3.05, 3.63) is 102 Å². The highest BCUT2D eigenvalue weighted by molar-refractivity contribution is 9.10. The number of imide groups is 1. The average molecular weight is 671 g/mol. The molecule has 3 amide bonds. The molecule has 0 bridgehead atoms. The molecule has 2 N–H and O–H groups in total. The van der Waals surface area contributed by atoms with E-state index in [1.807, 2.05) is 25.1 Å². The van der Waals surface area contributed by atoms with E-state index >= 15 is 0 Å². The number of carbonyl (C=O) groups excluding carboxylic acids is 3. The van der Waals surface area contributed by atoms with Gasteiger partial charge in [0.2, 0.25) is 11.8 Å². The monoisotopic (exact) mass is 669 g/mol. The smallest absolute Gasteiger partial charge is 0.305 e. The maximum Gasteiger partial charge on any atom is 0.305 e. The summed E-state index contributed by atoms with van der Waals surface area (Å²) in [6, 6.07) is 19.3. The number of fused-ring (bicyclic) bond motifs is 2. The fourth-order valence-corrected chi connectivity index (χ4v) is 8.10. The summed E-state index contributed by atoms with van der Waals surface area (Å²) in [6.07, 6.45) is 0. The van der Waals surface area contributed by atoms with Gasteiger partial charge in [0.1, 0.15) is 11.0 Å². The van der Waals surface area contributed by atoms with E-state index in [0.29, 0.717) is 37.6 Å². The van der Waals surface area contributed by atoms with Crippen LogP contribution in [-0.4, -0.2) is 34.6 Å². The van der Waals surface area contributed by atoms with Gasteiger partial charge in [0.25, 0.3) is 5.91 Å². The third kappa shape index (κ3) is 5.34. The minimum absolute atomic E-state index is 0.292. The summed E-state index contributed by atoms with van der Waals surface area (Å²) in [6.45, 7) is 1.63. The minimum Gasteiger partial charge on any atom is -0.483 e. The fourth-order valence-electron chi connectivity index (χ4n) is 5.15. The number of hydrogen-bond acceptors (Lipinski definition) is 7. The maximum absolute atomic E-state index is 14.0. The van der Waals surface area contributed by atoms with Gasteiger partial charge in [-0.1, -0.05) is 62.8 Å². The van der Waals surface area contributed by atoms with Crippen molar-refractivity contribution in [2.75, 3.05) is 16.8 Å². The first-order chi connectivity index (χ1) is 19.7. The van der Waals surface area contributed by atoms with Crippen molar-refractivity contribution in [3.8, 4) is 5.75 Å². The molecule has 41 heavy (non-hydrogen) atoms.